The van der Waals surface area contributed by atoms with E-state index in [1.165, 1.54) is 12.1 Å². The van der Waals surface area contributed by atoms with Crippen LogP contribution in [0.2, 0.25) is 10.0 Å². The molecule has 0 aliphatic carbocycles. The second-order valence-corrected chi connectivity index (χ2v) is 8.59. The Labute approximate surface area is 202 Å². The number of anilines is 1. The zero-order valence-corrected chi connectivity index (χ0v) is 20.1. The van der Waals surface area contributed by atoms with Crippen LogP contribution in [0.15, 0.2) is 47.6 Å². The van der Waals surface area contributed by atoms with Crippen molar-refractivity contribution in [2.45, 2.75) is 25.3 Å². The number of carbonyl (C=O) groups is 1. The summed E-state index contributed by atoms with van der Waals surface area (Å²) < 4.78 is 13.9. The van der Waals surface area contributed by atoms with E-state index in [4.69, 9.17) is 23.2 Å². The van der Waals surface area contributed by atoms with Crippen molar-refractivity contribution in [3.63, 3.8) is 0 Å². The van der Waals surface area contributed by atoms with Crippen molar-refractivity contribution in [2.24, 2.45) is 5.10 Å². The summed E-state index contributed by atoms with van der Waals surface area (Å²) in [6, 6.07) is 11.1. The van der Waals surface area contributed by atoms with Gasteiger partial charge in [-0.05, 0) is 35.9 Å². The minimum atomic E-state index is -0.312. The number of rotatable bonds is 4. The molecule has 0 spiro atoms. The second-order valence-electron chi connectivity index (χ2n) is 7.75. The standard InChI is InChI=1S/C21H21Cl2FN4O.HI/c1-28(10-2-3-11-28)26-21(29)18-13-20(14-4-7-16(24)8-5-14)27(25-18)19-9-6-15(22)12-17(19)23;/h4-9,12,20H,2-3,10-11,13H2,1H3;1H. The molecule has 1 N–H and O–H groups in total. The topological polar surface area (TPSA) is 44.7 Å². The largest absolute Gasteiger partial charge is 1.00 e. The third kappa shape index (κ3) is 4.90. The molecule has 0 bridgehead atoms. The number of halogens is 4. The molecule has 2 aliphatic rings. The first kappa shape index (κ1) is 23.2. The Morgan fingerprint density at radius 3 is 2.47 bits per heavy atom. The maximum atomic E-state index is 13.4. The summed E-state index contributed by atoms with van der Waals surface area (Å²) in [6.07, 6.45) is 2.58. The number of hydrazone groups is 1. The highest BCUT2D eigenvalue weighted by Gasteiger charge is 2.37. The van der Waals surface area contributed by atoms with Gasteiger partial charge in [0.1, 0.15) is 24.6 Å². The fourth-order valence-electron chi connectivity index (χ4n) is 3.94. The fraction of sp³-hybridized carbons (Fsp3) is 0.333. The molecule has 1 fully saturated rings. The van der Waals surface area contributed by atoms with Crippen LogP contribution in [-0.2, 0) is 4.79 Å². The predicted molar refractivity (Wildman–Crippen MR) is 113 cm³/mol. The van der Waals surface area contributed by atoms with Crippen LogP contribution >= 0.6 is 23.2 Å². The van der Waals surface area contributed by atoms with Crippen molar-refractivity contribution < 1.29 is 37.8 Å². The summed E-state index contributed by atoms with van der Waals surface area (Å²) in [4.78, 5) is 13.0. The van der Waals surface area contributed by atoms with E-state index >= 15 is 0 Å². The summed E-state index contributed by atoms with van der Waals surface area (Å²) >= 11 is 12.5. The van der Waals surface area contributed by atoms with Gasteiger partial charge < -0.3 is 24.0 Å². The molecule has 4 rings (SSSR count). The first-order valence-corrected chi connectivity index (χ1v) is 10.3. The van der Waals surface area contributed by atoms with E-state index in [0.717, 1.165) is 31.5 Å². The Morgan fingerprint density at radius 1 is 1.17 bits per heavy atom. The molecule has 2 heterocycles. The molecular weight excluding hydrogens is 541 g/mol. The number of benzene rings is 2. The van der Waals surface area contributed by atoms with Gasteiger partial charge in [0.15, 0.2) is 0 Å². The molecule has 30 heavy (non-hydrogen) atoms. The SMILES string of the molecule is C[N+]1(NC(=O)C2=NN(c3ccc(Cl)cc3Cl)C(c3ccc(F)cc3)C2)CCCC1.[I-]. The molecule has 0 radical (unpaired) electrons. The van der Waals surface area contributed by atoms with E-state index in [9.17, 15) is 9.18 Å². The maximum Gasteiger partial charge on any atom is 0.312 e. The van der Waals surface area contributed by atoms with E-state index in [1.807, 2.05) is 7.05 Å². The number of likely N-dealkylation sites (tertiary alicyclic amines) is 1. The van der Waals surface area contributed by atoms with E-state index in [2.05, 4.69) is 10.5 Å². The normalized spacial score (nSPS) is 19.9. The van der Waals surface area contributed by atoms with Crippen LogP contribution in [0.4, 0.5) is 10.1 Å². The third-order valence-corrected chi connectivity index (χ3v) is 6.05. The molecular formula is C21H22Cl2FIN4O. The highest BCUT2D eigenvalue weighted by atomic mass is 127. The Morgan fingerprint density at radius 2 is 1.83 bits per heavy atom. The Bertz CT molecular complexity index is 964. The molecule has 2 aromatic carbocycles. The highest BCUT2D eigenvalue weighted by molar-refractivity contribution is 6.40. The van der Waals surface area contributed by atoms with Gasteiger partial charge in [-0.25, -0.2) is 8.98 Å². The first-order chi connectivity index (χ1) is 13.8. The van der Waals surface area contributed by atoms with Gasteiger partial charge in [0, 0.05) is 24.3 Å². The first-order valence-electron chi connectivity index (χ1n) is 9.59. The van der Waals surface area contributed by atoms with Crippen LogP contribution in [0.3, 0.4) is 0 Å². The lowest BCUT2D eigenvalue weighted by Gasteiger charge is -2.28. The average Bonchev–Trinajstić information content (AvgIpc) is 3.29. The Balaban J connectivity index is 0.00000256. The van der Waals surface area contributed by atoms with Crippen molar-refractivity contribution in [3.05, 3.63) is 63.9 Å². The molecule has 1 amide bonds. The van der Waals surface area contributed by atoms with Crippen LogP contribution in [0.25, 0.3) is 0 Å². The van der Waals surface area contributed by atoms with Crippen molar-refractivity contribution in [2.75, 3.05) is 25.1 Å². The van der Waals surface area contributed by atoms with Crippen LogP contribution in [0.1, 0.15) is 30.9 Å². The summed E-state index contributed by atoms with van der Waals surface area (Å²) in [5.74, 6) is -0.498. The predicted octanol–water partition coefficient (Wildman–Crippen LogP) is 1.72. The quantitative estimate of drug-likeness (QED) is 0.456. The number of amides is 1. The lowest BCUT2D eigenvalue weighted by molar-refractivity contribution is -0.931. The number of hydrogen-bond donors (Lipinski definition) is 1. The van der Waals surface area contributed by atoms with Crippen LogP contribution in [-0.4, -0.2) is 36.3 Å². The lowest BCUT2D eigenvalue weighted by atomic mass is 10.0. The van der Waals surface area contributed by atoms with Gasteiger partial charge in [0.25, 0.3) is 0 Å². The van der Waals surface area contributed by atoms with Gasteiger partial charge in [-0.2, -0.15) is 10.5 Å². The Hall–Kier alpha value is -1.42. The van der Waals surface area contributed by atoms with Crippen molar-refractivity contribution >= 4 is 40.5 Å². The zero-order valence-electron chi connectivity index (χ0n) is 16.4. The minimum absolute atomic E-state index is 0. The molecule has 2 aromatic rings. The molecule has 160 valence electrons. The van der Waals surface area contributed by atoms with Gasteiger partial charge in [0.2, 0.25) is 0 Å². The van der Waals surface area contributed by atoms with Gasteiger partial charge in [-0.15, -0.1) is 0 Å². The van der Waals surface area contributed by atoms with Crippen molar-refractivity contribution in [3.8, 4) is 0 Å². The van der Waals surface area contributed by atoms with Crippen molar-refractivity contribution in [1.29, 1.82) is 0 Å². The smallest absolute Gasteiger partial charge is 0.312 e. The average molecular weight is 563 g/mol. The van der Waals surface area contributed by atoms with Gasteiger partial charge in [0.05, 0.1) is 23.8 Å². The van der Waals surface area contributed by atoms with Gasteiger partial charge >= 0.3 is 5.91 Å². The number of quaternary nitrogens is 1. The number of nitrogens with one attached hydrogen (secondary N) is 1. The maximum absolute atomic E-state index is 13.4. The molecule has 1 atom stereocenters. The molecule has 9 heteroatoms. The summed E-state index contributed by atoms with van der Waals surface area (Å²) in [6.45, 7) is 1.82. The Kier molecular flexibility index (Phi) is 7.27. The second kappa shape index (κ2) is 9.38. The molecule has 1 saturated heterocycles. The number of carbonyl (C=O) groups excluding carboxylic acids is 1. The number of hydrogen-bond acceptors (Lipinski definition) is 3. The fourth-order valence-corrected chi connectivity index (χ4v) is 4.43. The number of nitrogens with zero attached hydrogens (tertiary/aromatic N) is 3. The van der Waals surface area contributed by atoms with Crippen molar-refractivity contribution in [1.82, 2.24) is 5.43 Å². The van der Waals surface area contributed by atoms with E-state index in [1.54, 1.807) is 35.3 Å². The monoisotopic (exact) mass is 562 g/mol. The van der Waals surface area contributed by atoms with Gasteiger partial charge in [-0.1, -0.05) is 35.3 Å². The summed E-state index contributed by atoms with van der Waals surface area (Å²) in [7, 11) is 2.02. The summed E-state index contributed by atoms with van der Waals surface area (Å²) in [5.41, 5.74) is 5.03. The third-order valence-electron chi connectivity index (χ3n) is 5.51. The van der Waals surface area contributed by atoms with Crippen LogP contribution in [0.5, 0.6) is 0 Å². The van der Waals surface area contributed by atoms with Crippen LogP contribution in [0, 0.1) is 5.82 Å². The highest BCUT2D eigenvalue weighted by Crippen LogP contribution is 2.39. The van der Waals surface area contributed by atoms with Gasteiger partial charge in [-0.3, -0.25) is 9.80 Å². The van der Waals surface area contributed by atoms with E-state index in [0.29, 0.717) is 32.5 Å². The molecule has 2 aliphatic heterocycles. The molecule has 1 unspecified atom stereocenters. The summed E-state index contributed by atoms with van der Waals surface area (Å²) in [5, 5.41) is 7.29. The molecule has 5 nitrogen and oxygen atoms in total. The minimum Gasteiger partial charge on any atom is -1.00 e. The van der Waals surface area contributed by atoms with E-state index in [-0.39, 0.29) is 41.7 Å². The zero-order chi connectivity index (χ0) is 20.6. The van der Waals surface area contributed by atoms with E-state index < -0.39 is 0 Å². The molecule has 0 aromatic heterocycles. The van der Waals surface area contributed by atoms with Crippen LogP contribution < -0.4 is 34.4 Å². The molecule has 0 saturated carbocycles. The lowest BCUT2D eigenvalue weighted by Crippen LogP contribution is -3.00.